The van der Waals surface area contributed by atoms with Crippen molar-refractivity contribution < 1.29 is 8.42 Å². The van der Waals surface area contributed by atoms with Gasteiger partial charge in [-0.2, -0.15) is 11.3 Å². The van der Waals surface area contributed by atoms with Gasteiger partial charge in [-0.25, -0.2) is 13.6 Å². The van der Waals surface area contributed by atoms with Crippen molar-refractivity contribution in [1.82, 2.24) is 5.32 Å². The molecule has 0 bridgehead atoms. The molecule has 0 amide bonds. The molecule has 4 nitrogen and oxygen atoms in total. The fourth-order valence-corrected chi connectivity index (χ4v) is 2.37. The topological polar surface area (TPSA) is 72.2 Å². The van der Waals surface area contributed by atoms with Crippen molar-refractivity contribution in [2.24, 2.45) is 5.14 Å². The van der Waals surface area contributed by atoms with Crippen LogP contribution in [0.2, 0.25) is 0 Å². The fraction of sp³-hybridized carbons (Fsp3) is 0.556. The summed E-state index contributed by atoms with van der Waals surface area (Å²) in [5, 5.41) is 12.1. The maximum absolute atomic E-state index is 10.7. The summed E-state index contributed by atoms with van der Waals surface area (Å²) in [6.45, 7) is 2.44. The summed E-state index contributed by atoms with van der Waals surface area (Å²) in [5.74, 6) is -0.0129. The molecule has 1 atom stereocenters. The van der Waals surface area contributed by atoms with Crippen molar-refractivity contribution in [2.45, 2.75) is 19.4 Å². The molecule has 3 N–H and O–H groups in total. The molecule has 0 aliphatic heterocycles. The third-order valence-electron chi connectivity index (χ3n) is 2.00. The average Bonchev–Trinajstić information content (AvgIpc) is 2.54. The minimum absolute atomic E-state index is 0.0129. The van der Waals surface area contributed by atoms with Gasteiger partial charge in [-0.3, -0.25) is 0 Å². The van der Waals surface area contributed by atoms with Crippen molar-refractivity contribution in [1.29, 1.82) is 0 Å². The van der Waals surface area contributed by atoms with Crippen LogP contribution in [-0.2, 0) is 16.4 Å². The van der Waals surface area contributed by atoms with Gasteiger partial charge in [0.1, 0.15) is 0 Å². The Hall–Kier alpha value is -0.430. The van der Waals surface area contributed by atoms with Crippen LogP contribution in [0.4, 0.5) is 0 Å². The van der Waals surface area contributed by atoms with E-state index in [1.807, 2.05) is 12.3 Å². The minimum atomic E-state index is -3.34. The van der Waals surface area contributed by atoms with E-state index in [0.717, 1.165) is 6.42 Å². The van der Waals surface area contributed by atoms with Crippen molar-refractivity contribution >= 4 is 21.4 Å². The number of nitrogens with two attached hydrogens (primary N) is 1. The highest BCUT2D eigenvalue weighted by molar-refractivity contribution is 7.89. The first-order valence-corrected chi connectivity index (χ1v) is 7.38. The molecular formula is C9H16N2O2S2. The third kappa shape index (κ3) is 5.88. The molecule has 1 aromatic rings. The van der Waals surface area contributed by atoms with E-state index in [0.29, 0.717) is 6.54 Å². The number of nitrogens with one attached hydrogen (secondary N) is 1. The molecule has 1 rings (SSSR count). The molecule has 0 radical (unpaired) electrons. The van der Waals surface area contributed by atoms with Crippen molar-refractivity contribution in [3.63, 3.8) is 0 Å². The lowest BCUT2D eigenvalue weighted by Gasteiger charge is -2.12. The molecule has 86 valence electrons. The van der Waals surface area contributed by atoms with Gasteiger partial charge in [0.2, 0.25) is 10.0 Å². The third-order valence-corrected chi connectivity index (χ3v) is 3.51. The van der Waals surface area contributed by atoms with Crippen LogP contribution in [0.15, 0.2) is 16.8 Å². The zero-order valence-corrected chi connectivity index (χ0v) is 10.3. The summed E-state index contributed by atoms with van der Waals surface area (Å²) in [5.41, 5.74) is 1.27. The first-order chi connectivity index (χ1) is 6.97. The Bertz CT molecular complexity index is 373. The van der Waals surface area contributed by atoms with Crippen molar-refractivity contribution in [3.05, 3.63) is 22.4 Å². The number of thiophene rings is 1. The average molecular weight is 248 g/mol. The van der Waals surface area contributed by atoms with E-state index < -0.39 is 10.0 Å². The number of primary sulfonamides is 1. The van der Waals surface area contributed by atoms with Gasteiger partial charge in [-0.1, -0.05) is 0 Å². The Balaban J connectivity index is 2.22. The zero-order chi connectivity index (χ0) is 11.3. The highest BCUT2D eigenvalue weighted by atomic mass is 32.2. The van der Waals surface area contributed by atoms with Crippen LogP contribution in [0.1, 0.15) is 12.5 Å². The highest BCUT2D eigenvalue weighted by Crippen LogP contribution is 2.08. The van der Waals surface area contributed by atoms with Crippen LogP contribution in [0.25, 0.3) is 0 Å². The molecule has 0 saturated heterocycles. The van der Waals surface area contributed by atoms with Gasteiger partial charge in [0, 0.05) is 12.6 Å². The zero-order valence-electron chi connectivity index (χ0n) is 8.64. The number of sulfonamides is 1. The van der Waals surface area contributed by atoms with Gasteiger partial charge >= 0.3 is 0 Å². The van der Waals surface area contributed by atoms with E-state index in [-0.39, 0.29) is 11.8 Å². The predicted molar refractivity (Wildman–Crippen MR) is 63.5 cm³/mol. The maximum Gasteiger partial charge on any atom is 0.210 e. The Labute approximate surface area is 94.5 Å². The quantitative estimate of drug-likeness (QED) is 0.772. The second-order valence-corrected chi connectivity index (χ2v) is 6.07. The number of hydrogen-bond acceptors (Lipinski definition) is 4. The molecule has 1 heterocycles. The molecule has 0 spiro atoms. The van der Waals surface area contributed by atoms with E-state index in [1.165, 1.54) is 5.56 Å². The van der Waals surface area contributed by atoms with Crippen molar-refractivity contribution in [2.75, 3.05) is 12.3 Å². The van der Waals surface area contributed by atoms with Gasteiger partial charge in [-0.05, 0) is 35.7 Å². The summed E-state index contributed by atoms with van der Waals surface area (Å²) in [6.07, 6.45) is 0.911. The second kappa shape index (κ2) is 5.60. The summed E-state index contributed by atoms with van der Waals surface area (Å²) >= 11 is 1.67. The summed E-state index contributed by atoms with van der Waals surface area (Å²) in [4.78, 5) is 0. The summed E-state index contributed by atoms with van der Waals surface area (Å²) in [7, 11) is -3.34. The largest absolute Gasteiger partial charge is 0.313 e. The molecule has 0 aromatic carbocycles. The monoisotopic (exact) mass is 248 g/mol. The lowest BCUT2D eigenvalue weighted by atomic mass is 10.1. The van der Waals surface area contributed by atoms with Gasteiger partial charge in [0.05, 0.1) is 5.75 Å². The Kier molecular flexibility index (Phi) is 4.72. The van der Waals surface area contributed by atoms with Crippen LogP contribution in [0, 0.1) is 0 Å². The fourth-order valence-electron chi connectivity index (χ4n) is 1.28. The van der Waals surface area contributed by atoms with E-state index >= 15 is 0 Å². The molecule has 1 aromatic heterocycles. The Morgan fingerprint density at radius 2 is 2.33 bits per heavy atom. The second-order valence-electron chi connectivity index (χ2n) is 3.56. The molecular weight excluding hydrogens is 232 g/mol. The number of rotatable bonds is 6. The predicted octanol–water partition coefficient (Wildman–Crippen LogP) is 0.557. The molecule has 1 unspecified atom stereocenters. The SMILES string of the molecule is CC(Cc1ccsc1)NCCS(N)(=O)=O. The maximum atomic E-state index is 10.7. The standard InChI is InChI=1S/C9H16N2O2S2/c1-8(6-9-2-4-14-7-9)11-3-5-15(10,12)13/h2,4,7-8,11H,3,5-6H2,1H3,(H2,10,12,13). The minimum Gasteiger partial charge on any atom is -0.313 e. The van der Waals surface area contributed by atoms with Crippen LogP contribution < -0.4 is 10.5 Å². The van der Waals surface area contributed by atoms with Gasteiger partial charge in [-0.15, -0.1) is 0 Å². The van der Waals surface area contributed by atoms with Gasteiger partial charge in [0.15, 0.2) is 0 Å². The first-order valence-electron chi connectivity index (χ1n) is 4.72. The first kappa shape index (κ1) is 12.6. The van der Waals surface area contributed by atoms with Crippen molar-refractivity contribution in [3.8, 4) is 0 Å². The van der Waals surface area contributed by atoms with E-state index in [4.69, 9.17) is 5.14 Å². The lowest BCUT2D eigenvalue weighted by Crippen LogP contribution is -2.34. The van der Waals surface area contributed by atoms with Crippen LogP contribution in [0.3, 0.4) is 0 Å². The van der Waals surface area contributed by atoms with E-state index in [2.05, 4.69) is 16.8 Å². The molecule has 15 heavy (non-hydrogen) atoms. The molecule has 6 heteroatoms. The van der Waals surface area contributed by atoms with Gasteiger partial charge < -0.3 is 5.32 Å². The summed E-state index contributed by atoms with van der Waals surface area (Å²) < 4.78 is 21.3. The lowest BCUT2D eigenvalue weighted by molar-refractivity contribution is 0.555. The van der Waals surface area contributed by atoms with Crippen LogP contribution in [-0.4, -0.2) is 26.8 Å². The Morgan fingerprint density at radius 1 is 1.60 bits per heavy atom. The summed E-state index contributed by atoms with van der Waals surface area (Å²) in [6, 6.07) is 2.34. The normalized spacial score (nSPS) is 14.0. The molecule has 0 fully saturated rings. The smallest absolute Gasteiger partial charge is 0.210 e. The van der Waals surface area contributed by atoms with Crippen LogP contribution >= 0.6 is 11.3 Å². The van der Waals surface area contributed by atoms with Gasteiger partial charge in [0.25, 0.3) is 0 Å². The van der Waals surface area contributed by atoms with Crippen LogP contribution in [0.5, 0.6) is 0 Å². The molecule has 0 aliphatic rings. The van der Waals surface area contributed by atoms with E-state index in [9.17, 15) is 8.42 Å². The highest BCUT2D eigenvalue weighted by Gasteiger charge is 2.06. The Morgan fingerprint density at radius 3 is 2.87 bits per heavy atom. The molecule has 0 aliphatic carbocycles. The van der Waals surface area contributed by atoms with E-state index in [1.54, 1.807) is 11.3 Å². The number of hydrogen-bond donors (Lipinski definition) is 2. The molecule has 0 saturated carbocycles.